The van der Waals surface area contributed by atoms with Crippen LogP contribution in [-0.2, 0) is 6.61 Å². The van der Waals surface area contributed by atoms with Crippen LogP contribution in [0.2, 0.25) is 0 Å². The summed E-state index contributed by atoms with van der Waals surface area (Å²) in [4.78, 5) is 8.03. The zero-order valence-corrected chi connectivity index (χ0v) is 9.85. The zero-order chi connectivity index (χ0) is 13.0. The number of hydrogen-bond donors (Lipinski definition) is 2. The Balaban J connectivity index is 2.11. The number of nitrogens with two attached hydrogens (primary N) is 1. The molecule has 1 aromatic heterocycles. The van der Waals surface area contributed by atoms with Crippen molar-refractivity contribution < 1.29 is 9.13 Å². The number of aryl methyl sites for hydroxylation is 1. The Bertz CT molecular complexity index is 547. The number of nitrogen functional groups attached to an aromatic ring is 1. The van der Waals surface area contributed by atoms with Crippen molar-refractivity contribution in [3.8, 4) is 5.88 Å². The minimum atomic E-state index is -0.305. The summed E-state index contributed by atoms with van der Waals surface area (Å²) >= 11 is 0. The van der Waals surface area contributed by atoms with Crippen molar-refractivity contribution in [3.63, 3.8) is 0 Å². The lowest BCUT2D eigenvalue weighted by molar-refractivity contribution is 0.287. The van der Waals surface area contributed by atoms with E-state index in [4.69, 9.17) is 10.6 Å². The number of nitrogens with zero attached hydrogens (tertiary/aromatic N) is 2. The van der Waals surface area contributed by atoms with Gasteiger partial charge in [-0.15, -0.1) is 0 Å². The topological polar surface area (TPSA) is 73.1 Å². The quantitative estimate of drug-likeness (QED) is 0.637. The third-order valence-corrected chi connectivity index (χ3v) is 2.29. The van der Waals surface area contributed by atoms with Crippen molar-refractivity contribution in [2.45, 2.75) is 13.5 Å². The maximum absolute atomic E-state index is 13.4. The lowest BCUT2D eigenvalue weighted by Gasteiger charge is -2.08. The van der Waals surface area contributed by atoms with Crippen molar-refractivity contribution >= 4 is 5.95 Å². The fourth-order valence-electron chi connectivity index (χ4n) is 1.45. The summed E-state index contributed by atoms with van der Waals surface area (Å²) in [5, 5.41) is 0. The number of hydrogen-bond acceptors (Lipinski definition) is 5. The van der Waals surface area contributed by atoms with E-state index in [1.165, 1.54) is 6.07 Å². The predicted molar refractivity (Wildman–Crippen MR) is 65.3 cm³/mol. The molecule has 0 saturated carbocycles. The third-order valence-electron chi connectivity index (χ3n) is 2.29. The maximum atomic E-state index is 13.4. The summed E-state index contributed by atoms with van der Waals surface area (Å²) in [7, 11) is 0. The summed E-state index contributed by atoms with van der Waals surface area (Å²) in [6.07, 6.45) is 0. The molecule has 0 aliphatic rings. The Morgan fingerprint density at radius 1 is 1.33 bits per heavy atom. The summed E-state index contributed by atoms with van der Waals surface area (Å²) in [5.41, 5.74) is 3.52. The first-order valence-electron chi connectivity index (χ1n) is 5.37. The van der Waals surface area contributed by atoms with Gasteiger partial charge in [0.2, 0.25) is 11.8 Å². The van der Waals surface area contributed by atoms with Crippen LogP contribution in [-0.4, -0.2) is 9.97 Å². The maximum Gasteiger partial charge on any atom is 0.240 e. The van der Waals surface area contributed by atoms with E-state index >= 15 is 0 Å². The molecule has 5 nitrogen and oxygen atoms in total. The van der Waals surface area contributed by atoms with Crippen LogP contribution in [0.5, 0.6) is 5.88 Å². The second-order valence-electron chi connectivity index (χ2n) is 3.70. The lowest BCUT2D eigenvalue weighted by atomic mass is 10.2. The van der Waals surface area contributed by atoms with Crippen molar-refractivity contribution in [1.82, 2.24) is 9.97 Å². The number of benzene rings is 1. The number of hydrazine groups is 1. The van der Waals surface area contributed by atoms with E-state index in [9.17, 15) is 4.39 Å². The van der Waals surface area contributed by atoms with E-state index in [2.05, 4.69) is 15.4 Å². The largest absolute Gasteiger partial charge is 0.473 e. The standard InChI is InChI=1S/C12H13FN4O/c1-8-6-11(16-12(15-8)17-14)18-7-9-4-2-3-5-10(9)13/h2-6H,7,14H2,1H3,(H,15,16,17). The Hall–Kier alpha value is -2.21. The normalized spacial score (nSPS) is 10.2. The van der Waals surface area contributed by atoms with Gasteiger partial charge in [0.05, 0.1) is 0 Å². The number of aromatic nitrogens is 2. The van der Waals surface area contributed by atoms with Crippen LogP contribution < -0.4 is 16.0 Å². The van der Waals surface area contributed by atoms with Crippen LogP contribution in [0, 0.1) is 12.7 Å². The van der Waals surface area contributed by atoms with Crippen LogP contribution >= 0.6 is 0 Å². The Morgan fingerprint density at radius 3 is 2.83 bits per heavy atom. The van der Waals surface area contributed by atoms with E-state index in [1.54, 1.807) is 31.2 Å². The highest BCUT2D eigenvalue weighted by molar-refractivity contribution is 5.29. The molecule has 0 spiro atoms. The van der Waals surface area contributed by atoms with Crippen molar-refractivity contribution in [1.29, 1.82) is 0 Å². The minimum Gasteiger partial charge on any atom is -0.473 e. The zero-order valence-electron chi connectivity index (χ0n) is 9.85. The number of anilines is 1. The Kier molecular flexibility index (Phi) is 3.69. The highest BCUT2D eigenvalue weighted by Crippen LogP contribution is 2.14. The molecule has 2 rings (SSSR count). The van der Waals surface area contributed by atoms with E-state index < -0.39 is 0 Å². The molecule has 0 unspecified atom stereocenters. The minimum absolute atomic E-state index is 0.104. The highest BCUT2D eigenvalue weighted by Gasteiger charge is 2.05. The summed E-state index contributed by atoms with van der Waals surface area (Å²) in [5.74, 6) is 5.53. The molecule has 1 heterocycles. The molecular weight excluding hydrogens is 235 g/mol. The SMILES string of the molecule is Cc1cc(OCc2ccccc2F)nc(NN)n1. The number of rotatable bonds is 4. The number of nitrogens with one attached hydrogen (secondary N) is 1. The highest BCUT2D eigenvalue weighted by atomic mass is 19.1. The smallest absolute Gasteiger partial charge is 0.240 e. The van der Waals surface area contributed by atoms with Crippen molar-refractivity contribution in [2.75, 3.05) is 5.43 Å². The van der Waals surface area contributed by atoms with E-state index in [0.717, 1.165) is 0 Å². The first-order chi connectivity index (χ1) is 8.69. The fraction of sp³-hybridized carbons (Fsp3) is 0.167. The Morgan fingerprint density at radius 2 is 2.11 bits per heavy atom. The second kappa shape index (κ2) is 5.42. The first kappa shape index (κ1) is 12.3. The van der Waals surface area contributed by atoms with Gasteiger partial charge in [-0.3, -0.25) is 5.43 Å². The fourth-order valence-corrected chi connectivity index (χ4v) is 1.45. The molecule has 0 fully saturated rings. The first-order valence-corrected chi connectivity index (χ1v) is 5.37. The van der Waals surface area contributed by atoms with Gasteiger partial charge in [0, 0.05) is 17.3 Å². The van der Waals surface area contributed by atoms with Crippen LogP contribution in [0.4, 0.5) is 10.3 Å². The van der Waals surface area contributed by atoms with Crippen LogP contribution in [0.25, 0.3) is 0 Å². The molecule has 18 heavy (non-hydrogen) atoms. The van der Waals surface area contributed by atoms with E-state index in [1.807, 2.05) is 0 Å². The van der Waals surface area contributed by atoms with Crippen molar-refractivity contribution in [2.24, 2.45) is 5.84 Å². The molecule has 0 amide bonds. The van der Waals surface area contributed by atoms with Crippen LogP contribution in [0.15, 0.2) is 30.3 Å². The molecule has 6 heteroatoms. The van der Waals surface area contributed by atoms with Crippen LogP contribution in [0.1, 0.15) is 11.3 Å². The molecular formula is C12H13FN4O. The predicted octanol–water partition coefficient (Wildman–Crippen LogP) is 1.79. The second-order valence-corrected chi connectivity index (χ2v) is 3.70. The van der Waals surface area contributed by atoms with Crippen molar-refractivity contribution in [3.05, 3.63) is 47.4 Å². The molecule has 3 N–H and O–H groups in total. The molecule has 0 atom stereocenters. The van der Waals surface area contributed by atoms with Gasteiger partial charge < -0.3 is 4.74 Å². The Labute approximate surface area is 104 Å². The molecule has 2 aromatic rings. The lowest BCUT2D eigenvalue weighted by Crippen LogP contribution is -2.11. The number of halogens is 1. The van der Waals surface area contributed by atoms with E-state index in [-0.39, 0.29) is 18.4 Å². The average Bonchev–Trinajstić information content (AvgIpc) is 2.37. The summed E-state index contributed by atoms with van der Waals surface area (Å²) in [6.45, 7) is 1.89. The third kappa shape index (κ3) is 2.92. The summed E-state index contributed by atoms with van der Waals surface area (Å²) < 4.78 is 18.8. The van der Waals surface area contributed by atoms with Gasteiger partial charge in [0.25, 0.3) is 0 Å². The molecule has 0 radical (unpaired) electrons. The van der Waals surface area contributed by atoms with Gasteiger partial charge in [-0.1, -0.05) is 18.2 Å². The molecule has 0 bridgehead atoms. The van der Waals surface area contributed by atoms with Gasteiger partial charge >= 0.3 is 0 Å². The number of ether oxygens (including phenoxy) is 1. The molecule has 0 saturated heterocycles. The molecule has 94 valence electrons. The average molecular weight is 248 g/mol. The molecule has 1 aromatic carbocycles. The van der Waals surface area contributed by atoms with Gasteiger partial charge in [-0.05, 0) is 13.0 Å². The monoisotopic (exact) mass is 248 g/mol. The van der Waals surface area contributed by atoms with Gasteiger partial charge in [0.1, 0.15) is 12.4 Å². The molecule has 0 aliphatic heterocycles. The summed E-state index contributed by atoms with van der Waals surface area (Å²) in [6, 6.07) is 8.08. The van der Waals surface area contributed by atoms with Gasteiger partial charge in [-0.25, -0.2) is 15.2 Å². The van der Waals surface area contributed by atoms with Gasteiger partial charge in [-0.2, -0.15) is 4.98 Å². The van der Waals surface area contributed by atoms with E-state index in [0.29, 0.717) is 17.1 Å². The van der Waals surface area contributed by atoms with Crippen LogP contribution in [0.3, 0.4) is 0 Å². The van der Waals surface area contributed by atoms with Gasteiger partial charge in [0.15, 0.2) is 0 Å². The molecule has 0 aliphatic carbocycles.